The van der Waals surface area contributed by atoms with Crippen LogP contribution < -0.4 is 5.32 Å². The molecule has 2 unspecified atom stereocenters. The number of halogens is 4. The molecule has 6 heteroatoms. The van der Waals surface area contributed by atoms with E-state index < -0.39 is 11.7 Å². The zero-order valence-corrected chi connectivity index (χ0v) is 12.5. The van der Waals surface area contributed by atoms with Gasteiger partial charge in [0.2, 0.25) is 0 Å². The number of aliphatic hydroxyl groups excluding tert-OH is 1. The molecule has 0 saturated heterocycles. The first-order valence-corrected chi connectivity index (χ1v) is 7.42. The smallest absolute Gasteiger partial charge is 0.396 e. The van der Waals surface area contributed by atoms with E-state index in [0.717, 1.165) is 25.3 Å². The van der Waals surface area contributed by atoms with Crippen molar-refractivity contribution in [2.45, 2.75) is 25.4 Å². The number of rotatable bonds is 4. The zero-order chi connectivity index (χ0) is 14.8. The maximum absolute atomic E-state index is 13.0. The van der Waals surface area contributed by atoms with E-state index in [0.29, 0.717) is 11.0 Å². The van der Waals surface area contributed by atoms with Crippen LogP contribution in [0.3, 0.4) is 0 Å². The maximum atomic E-state index is 13.0. The van der Waals surface area contributed by atoms with Gasteiger partial charge in [-0.2, -0.15) is 13.2 Å². The molecule has 1 saturated carbocycles. The minimum atomic E-state index is -4.38. The van der Waals surface area contributed by atoms with Gasteiger partial charge in [0.15, 0.2) is 0 Å². The van der Waals surface area contributed by atoms with Crippen LogP contribution in [-0.4, -0.2) is 18.3 Å². The Morgan fingerprint density at radius 3 is 2.60 bits per heavy atom. The van der Waals surface area contributed by atoms with Crippen LogP contribution in [0, 0.1) is 11.8 Å². The molecule has 2 atom stereocenters. The van der Waals surface area contributed by atoms with E-state index in [1.807, 2.05) is 0 Å². The summed E-state index contributed by atoms with van der Waals surface area (Å²) in [5, 5.41) is 12.1. The van der Waals surface area contributed by atoms with Gasteiger partial charge in [0, 0.05) is 23.3 Å². The van der Waals surface area contributed by atoms with Crippen LogP contribution in [0.1, 0.15) is 24.8 Å². The fourth-order valence-electron chi connectivity index (χ4n) is 2.77. The Bertz CT molecular complexity index is 464. The second kappa shape index (κ2) is 6.35. The molecule has 0 bridgehead atoms. The SMILES string of the molecule is OCC1CCCC1CNc1ccc(Br)cc1C(F)(F)F. The van der Waals surface area contributed by atoms with E-state index in [1.165, 1.54) is 6.07 Å². The van der Waals surface area contributed by atoms with Gasteiger partial charge in [0.25, 0.3) is 0 Å². The Labute approximate surface area is 124 Å². The van der Waals surface area contributed by atoms with Crippen LogP contribution >= 0.6 is 15.9 Å². The van der Waals surface area contributed by atoms with Crippen molar-refractivity contribution in [3.05, 3.63) is 28.2 Å². The molecule has 2 N–H and O–H groups in total. The molecule has 0 heterocycles. The summed E-state index contributed by atoms with van der Waals surface area (Å²) < 4.78 is 39.3. The Morgan fingerprint density at radius 2 is 1.95 bits per heavy atom. The molecule has 2 nitrogen and oxygen atoms in total. The van der Waals surface area contributed by atoms with Gasteiger partial charge in [-0.3, -0.25) is 0 Å². The Kier molecular flexibility index (Phi) is 4.96. The minimum Gasteiger partial charge on any atom is -0.396 e. The second-order valence-electron chi connectivity index (χ2n) is 5.20. The van der Waals surface area contributed by atoms with Crippen molar-refractivity contribution in [3.8, 4) is 0 Å². The van der Waals surface area contributed by atoms with E-state index in [-0.39, 0.29) is 24.1 Å². The van der Waals surface area contributed by atoms with Crippen LogP contribution in [-0.2, 0) is 6.18 Å². The van der Waals surface area contributed by atoms with Crippen molar-refractivity contribution in [2.24, 2.45) is 11.8 Å². The summed E-state index contributed by atoms with van der Waals surface area (Å²) in [5.41, 5.74) is -0.560. The van der Waals surface area contributed by atoms with Crippen molar-refractivity contribution in [1.82, 2.24) is 0 Å². The molecular formula is C14H17BrF3NO. The van der Waals surface area contributed by atoms with Crippen molar-refractivity contribution in [3.63, 3.8) is 0 Å². The van der Waals surface area contributed by atoms with Crippen molar-refractivity contribution >= 4 is 21.6 Å². The Balaban J connectivity index is 2.09. The molecule has 1 aliphatic rings. The lowest BCUT2D eigenvalue weighted by Crippen LogP contribution is -2.22. The van der Waals surface area contributed by atoms with Crippen LogP contribution in [0.25, 0.3) is 0 Å². The third kappa shape index (κ3) is 3.67. The Hall–Kier alpha value is -0.750. The van der Waals surface area contributed by atoms with Crippen molar-refractivity contribution in [2.75, 3.05) is 18.5 Å². The van der Waals surface area contributed by atoms with Gasteiger partial charge in [-0.1, -0.05) is 22.4 Å². The lowest BCUT2D eigenvalue weighted by Gasteiger charge is -2.20. The van der Waals surface area contributed by atoms with Crippen molar-refractivity contribution < 1.29 is 18.3 Å². The molecule has 0 radical (unpaired) electrons. The summed E-state index contributed by atoms with van der Waals surface area (Å²) in [6.07, 6.45) is -1.44. The first-order valence-electron chi connectivity index (χ1n) is 6.63. The Morgan fingerprint density at radius 1 is 1.25 bits per heavy atom. The maximum Gasteiger partial charge on any atom is 0.418 e. The van der Waals surface area contributed by atoms with E-state index in [1.54, 1.807) is 6.07 Å². The van der Waals surface area contributed by atoms with Crippen molar-refractivity contribution in [1.29, 1.82) is 0 Å². The molecule has 0 aliphatic heterocycles. The van der Waals surface area contributed by atoms with Gasteiger partial charge in [0.1, 0.15) is 0 Å². The highest BCUT2D eigenvalue weighted by atomic mass is 79.9. The minimum absolute atomic E-state index is 0.101. The molecule has 1 aliphatic carbocycles. The number of anilines is 1. The standard InChI is InChI=1S/C14H17BrF3NO/c15-11-4-5-13(12(6-11)14(16,17)18)19-7-9-2-1-3-10(9)8-20/h4-6,9-10,19-20H,1-3,7-8H2. The third-order valence-corrected chi connectivity index (χ3v) is 4.39. The number of aliphatic hydroxyl groups is 1. The topological polar surface area (TPSA) is 32.3 Å². The second-order valence-corrected chi connectivity index (χ2v) is 6.12. The normalized spacial score (nSPS) is 23.1. The van der Waals surface area contributed by atoms with Gasteiger partial charge >= 0.3 is 6.18 Å². The number of hydrogen-bond acceptors (Lipinski definition) is 2. The molecule has 2 rings (SSSR count). The highest BCUT2D eigenvalue weighted by molar-refractivity contribution is 9.10. The first kappa shape index (κ1) is 15.6. The summed E-state index contributed by atoms with van der Waals surface area (Å²) in [4.78, 5) is 0. The van der Waals surface area contributed by atoms with Crippen LogP contribution in [0.5, 0.6) is 0 Å². The summed E-state index contributed by atoms with van der Waals surface area (Å²) >= 11 is 3.07. The molecule has 1 fully saturated rings. The number of alkyl halides is 3. The summed E-state index contributed by atoms with van der Waals surface area (Å²) in [6.45, 7) is 0.578. The van der Waals surface area contributed by atoms with Gasteiger partial charge in [0.05, 0.1) is 5.56 Å². The van der Waals surface area contributed by atoms with E-state index in [2.05, 4.69) is 21.2 Å². The van der Waals surface area contributed by atoms with E-state index in [9.17, 15) is 18.3 Å². The number of benzene rings is 1. The summed E-state index contributed by atoms with van der Waals surface area (Å²) in [7, 11) is 0. The van der Waals surface area contributed by atoms with Gasteiger partial charge in [-0.15, -0.1) is 0 Å². The van der Waals surface area contributed by atoms with Crippen LogP contribution in [0.2, 0.25) is 0 Å². The highest BCUT2D eigenvalue weighted by Gasteiger charge is 2.34. The predicted octanol–water partition coefficient (Wildman–Crippen LogP) is 4.29. The fraction of sp³-hybridized carbons (Fsp3) is 0.571. The number of hydrogen-bond donors (Lipinski definition) is 2. The molecule has 0 aromatic heterocycles. The third-order valence-electron chi connectivity index (χ3n) is 3.89. The molecule has 0 amide bonds. The molecular weight excluding hydrogens is 335 g/mol. The predicted molar refractivity (Wildman–Crippen MR) is 75.6 cm³/mol. The monoisotopic (exact) mass is 351 g/mol. The largest absolute Gasteiger partial charge is 0.418 e. The lowest BCUT2D eigenvalue weighted by molar-refractivity contribution is -0.137. The molecule has 1 aromatic rings. The average Bonchev–Trinajstić information content (AvgIpc) is 2.83. The molecule has 20 heavy (non-hydrogen) atoms. The first-order chi connectivity index (χ1) is 9.41. The van der Waals surface area contributed by atoms with Gasteiger partial charge in [-0.25, -0.2) is 0 Å². The summed E-state index contributed by atoms with van der Waals surface area (Å²) in [6, 6.07) is 4.12. The van der Waals surface area contributed by atoms with Crippen LogP contribution in [0.4, 0.5) is 18.9 Å². The molecule has 112 valence electrons. The highest BCUT2D eigenvalue weighted by Crippen LogP contribution is 2.37. The zero-order valence-electron chi connectivity index (χ0n) is 10.9. The van der Waals surface area contributed by atoms with Gasteiger partial charge < -0.3 is 10.4 Å². The summed E-state index contributed by atoms with van der Waals surface area (Å²) in [5.74, 6) is 0.442. The molecule has 0 spiro atoms. The average molecular weight is 352 g/mol. The van der Waals surface area contributed by atoms with E-state index in [4.69, 9.17) is 0 Å². The number of nitrogens with one attached hydrogen (secondary N) is 1. The lowest BCUT2D eigenvalue weighted by atomic mass is 9.97. The van der Waals surface area contributed by atoms with E-state index >= 15 is 0 Å². The quantitative estimate of drug-likeness (QED) is 0.848. The van der Waals surface area contributed by atoms with Crippen LogP contribution in [0.15, 0.2) is 22.7 Å². The fourth-order valence-corrected chi connectivity index (χ4v) is 3.13. The molecule has 1 aromatic carbocycles. The van der Waals surface area contributed by atoms with Gasteiger partial charge in [-0.05, 0) is 42.9 Å².